The van der Waals surface area contributed by atoms with Gasteiger partial charge in [0.25, 0.3) is 5.91 Å². The highest BCUT2D eigenvalue weighted by atomic mass is 32.2. The van der Waals surface area contributed by atoms with Crippen LogP contribution in [0, 0.1) is 19.7 Å². The molecular weight excluding hydrogens is 405 g/mol. The maximum absolute atomic E-state index is 13.0. The first-order valence-corrected chi connectivity index (χ1v) is 10.2. The predicted octanol–water partition coefficient (Wildman–Crippen LogP) is 3.23. The molecular formula is C21H22FN5O2S. The van der Waals surface area contributed by atoms with E-state index in [9.17, 15) is 14.0 Å². The Hall–Kier alpha value is -3.20. The van der Waals surface area contributed by atoms with Crippen LogP contribution in [0.4, 0.5) is 10.1 Å². The largest absolute Gasteiger partial charge is 0.345 e. The van der Waals surface area contributed by atoms with Gasteiger partial charge in [0.05, 0.1) is 12.3 Å². The second-order valence-corrected chi connectivity index (χ2v) is 7.80. The van der Waals surface area contributed by atoms with Crippen molar-refractivity contribution in [1.29, 1.82) is 0 Å². The molecule has 30 heavy (non-hydrogen) atoms. The summed E-state index contributed by atoms with van der Waals surface area (Å²) in [7, 11) is 1.77. The molecule has 3 aromatic rings. The van der Waals surface area contributed by atoms with E-state index in [0.717, 1.165) is 16.8 Å². The number of amides is 2. The molecule has 9 heteroatoms. The van der Waals surface area contributed by atoms with Crippen molar-refractivity contribution in [2.45, 2.75) is 25.5 Å². The van der Waals surface area contributed by atoms with E-state index >= 15 is 0 Å². The molecule has 0 radical (unpaired) electrons. The Morgan fingerprint density at radius 2 is 1.73 bits per heavy atom. The number of hydrogen-bond acceptors (Lipinski definition) is 5. The molecule has 0 fully saturated rings. The van der Waals surface area contributed by atoms with Crippen molar-refractivity contribution in [3.63, 3.8) is 0 Å². The summed E-state index contributed by atoms with van der Waals surface area (Å²) >= 11 is 1.26. The number of nitrogens with zero attached hydrogens (tertiary/aromatic N) is 3. The van der Waals surface area contributed by atoms with E-state index in [1.807, 2.05) is 32.0 Å². The van der Waals surface area contributed by atoms with E-state index in [4.69, 9.17) is 0 Å². The van der Waals surface area contributed by atoms with Crippen molar-refractivity contribution in [2.75, 3.05) is 11.1 Å². The number of aryl methyl sites for hydroxylation is 2. The normalized spacial score (nSPS) is 10.7. The van der Waals surface area contributed by atoms with Gasteiger partial charge >= 0.3 is 0 Å². The molecule has 2 aromatic carbocycles. The molecule has 0 unspecified atom stereocenters. The Balaban J connectivity index is 1.52. The van der Waals surface area contributed by atoms with Crippen LogP contribution in [0.25, 0.3) is 0 Å². The van der Waals surface area contributed by atoms with Gasteiger partial charge in [-0.3, -0.25) is 9.59 Å². The van der Waals surface area contributed by atoms with E-state index < -0.39 is 5.82 Å². The number of anilines is 1. The first kappa shape index (κ1) is 21.5. The quantitative estimate of drug-likeness (QED) is 0.565. The lowest BCUT2D eigenvalue weighted by Crippen LogP contribution is -2.24. The third-order valence-corrected chi connectivity index (χ3v) is 5.30. The summed E-state index contributed by atoms with van der Waals surface area (Å²) in [5.74, 6) is -0.147. The van der Waals surface area contributed by atoms with Crippen LogP contribution in [0.3, 0.4) is 0 Å². The van der Waals surface area contributed by atoms with E-state index in [0.29, 0.717) is 16.5 Å². The van der Waals surface area contributed by atoms with Crippen LogP contribution in [0.5, 0.6) is 0 Å². The Bertz CT molecular complexity index is 1050. The summed E-state index contributed by atoms with van der Waals surface area (Å²) in [5.41, 5.74) is 3.29. The lowest BCUT2D eigenvalue weighted by molar-refractivity contribution is -0.113. The van der Waals surface area contributed by atoms with Crippen LogP contribution in [-0.2, 0) is 18.4 Å². The van der Waals surface area contributed by atoms with E-state index in [1.165, 1.54) is 36.0 Å². The Morgan fingerprint density at radius 1 is 1.07 bits per heavy atom. The van der Waals surface area contributed by atoms with Gasteiger partial charge in [-0.25, -0.2) is 4.39 Å². The fourth-order valence-corrected chi connectivity index (χ4v) is 3.59. The molecule has 156 valence electrons. The monoisotopic (exact) mass is 427 g/mol. The van der Waals surface area contributed by atoms with Crippen molar-refractivity contribution in [3.8, 4) is 0 Å². The van der Waals surface area contributed by atoms with Crippen molar-refractivity contribution >= 4 is 29.3 Å². The Kier molecular flexibility index (Phi) is 6.83. The first-order valence-electron chi connectivity index (χ1n) is 9.25. The molecule has 2 N–H and O–H groups in total. The second kappa shape index (κ2) is 9.53. The summed E-state index contributed by atoms with van der Waals surface area (Å²) in [4.78, 5) is 24.4. The van der Waals surface area contributed by atoms with Crippen LogP contribution in [0.2, 0.25) is 0 Å². The van der Waals surface area contributed by atoms with Crippen LogP contribution < -0.4 is 10.6 Å². The molecule has 0 bridgehead atoms. The summed E-state index contributed by atoms with van der Waals surface area (Å²) < 4.78 is 14.7. The standard InChI is InChI=1S/C21H22FN5O2S/c1-13-8-14(2)10-17(9-13)24-19(28)12-30-21-26-25-18(27(21)3)11-23-20(29)15-4-6-16(22)7-5-15/h4-10H,11-12H2,1-3H3,(H,23,29)(H,24,28). The number of thioether (sulfide) groups is 1. The fraction of sp³-hybridized carbons (Fsp3) is 0.238. The predicted molar refractivity (Wildman–Crippen MR) is 114 cm³/mol. The number of hydrogen-bond donors (Lipinski definition) is 2. The van der Waals surface area contributed by atoms with Gasteiger partial charge in [-0.15, -0.1) is 10.2 Å². The van der Waals surface area contributed by atoms with E-state index in [-0.39, 0.29) is 24.1 Å². The Labute approximate surface area is 178 Å². The molecule has 7 nitrogen and oxygen atoms in total. The lowest BCUT2D eigenvalue weighted by Gasteiger charge is -2.08. The molecule has 3 rings (SSSR count). The van der Waals surface area contributed by atoms with Crippen LogP contribution in [-0.4, -0.2) is 32.3 Å². The average Bonchev–Trinajstić information content (AvgIpc) is 3.04. The van der Waals surface area contributed by atoms with Gasteiger partial charge in [0.1, 0.15) is 5.82 Å². The van der Waals surface area contributed by atoms with Gasteiger partial charge in [0, 0.05) is 18.3 Å². The van der Waals surface area contributed by atoms with Crippen molar-refractivity contribution in [3.05, 3.63) is 70.8 Å². The topological polar surface area (TPSA) is 88.9 Å². The third-order valence-electron chi connectivity index (χ3n) is 4.28. The summed E-state index contributed by atoms with van der Waals surface area (Å²) in [6.07, 6.45) is 0. The zero-order valence-electron chi connectivity index (χ0n) is 16.9. The number of rotatable bonds is 7. The minimum atomic E-state index is -0.400. The highest BCUT2D eigenvalue weighted by Gasteiger charge is 2.13. The summed E-state index contributed by atoms with van der Waals surface area (Å²) in [6, 6.07) is 11.2. The fourth-order valence-electron chi connectivity index (χ4n) is 2.86. The number of carbonyl (C=O) groups is 2. The molecule has 0 saturated heterocycles. The summed E-state index contributed by atoms with van der Waals surface area (Å²) in [6.45, 7) is 4.12. The van der Waals surface area contributed by atoms with Gasteiger partial charge in [-0.1, -0.05) is 17.8 Å². The zero-order valence-corrected chi connectivity index (χ0v) is 17.7. The van der Waals surface area contributed by atoms with Crippen LogP contribution in [0.15, 0.2) is 47.6 Å². The molecule has 1 heterocycles. The minimum Gasteiger partial charge on any atom is -0.345 e. The SMILES string of the molecule is Cc1cc(C)cc(NC(=O)CSc2nnc(CNC(=O)c3ccc(F)cc3)n2C)c1. The molecule has 0 spiro atoms. The van der Waals surface area contributed by atoms with Crippen molar-refractivity contribution < 1.29 is 14.0 Å². The highest BCUT2D eigenvalue weighted by molar-refractivity contribution is 7.99. The van der Waals surface area contributed by atoms with Crippen LogP contribution >= 0.6 is 11.8 Å². The number of nitrogens with one attached hydrogen (secondary N) is 2. The highest BCUT2D eigenvalue weighted by Crippen LogP contribution is 2.18. The number of benzene rings is 2. The maximum atomic E-state index is 13.0. The van der Waals surface area contributed by atoms with Gasteiger partial charge < -0.3 is 15.2 Å². The van der Waals surface area contributed by atoms with E-state index in [2.05, 4.69) is 20.8 Å². The van der Waals surface area contributed by atoms with E-state index in [1.54, 1.807) is 11.6 Å². The smallest absolute Gasteiger partial charge is 0.251 e. The second-order valence-electron chi connectivity index (χ2n) is 6.86. The number of aromatic nitrogens is 3. The number of halogens is 1. The molecule has 0 aliphatic carbocycles. The van der Waals surface area contributed by atoms with Crippen molar-refractivity contribution in [2.24, 2.45) is 7.05 Å². The van der Waals surface area contributed by atoms with Gasteiger partial charge in [-0.2, -0.15) is 0 Å². The third kappa shape index (κ3) is 5.66. The van der Waals surface area contributed by atoms with Gasteiger partial charge in [-0.05, 0) is 61.4 Å². The van der Waals surface area contributed by atoms with Crippen molar-refractivity contribution in [1.82, 2.24) is 20.1 Å². The molecule has 1 aromatic heterocycles. The Morgan fingerprint density at radius 3 is 2.40 bits per heavy atom. The average molecular weight is 428 g/mol. The molecule has 0 atom stereocenters. The molecule has 0 aliphatic heterocycles. The zero-order chi connectivity index (χ0) is 21.7. The number of carbonyl (C=O) groups excluding carboxylic acids is 2. The van der Waals surface area contributed by atoms with Gasteiger partial charge in [0.15, 0.2) is 11.0 Å². The first-order chi connectivity index (χ1) is 14.3. The van der Waals surface area contributed by atoms with Gasteiger partial charge in [0.2, 0.25) is 5.91 Å². The molecule has 0 saturated carbocycles. The van der Waals surface area contributed by atoms with Crippen LogP contribution in [0.1, 0.15) is 27.3 Å². The lowest BCUT2D eigenvalue weighted by atomic mass is 10.1. The summed E-state index contributed by atoms with van der Waals surface area (Å²) in [5, 5.41) is 14.3. The maximum Gasteiger partial charge on any atom is 0.251 e. The minimum absolute atomic E-state index is 0.140. The molecule has 0 aliphatic rings. The molecule has 2 amide bonds.